The molecule has 4 rings (SSSR count). The summed E-state index contributed by atoms with van der Waals surface area (Å²) in [7, 11) is 0. The molecule has 0 unspecified atom stereocenters. The van der Waals surface area contributed by atoms with Crippen LogP contribution in [0, 0.1) is 23.7 Å². The maximum absolute atomic E-state index is 4.34. The van der Waals surface area contributed by atoms with Gasteiger partial charge in [-0.1, -0.05) is 0 Å². The molecule has 4 aliphatic carbocycles. The normalized spacial score (nSPS) is 60.3. The first kappa shape index (κ1) is 6.97. The molecule has 4 bridgehead atoms. The first-order valence-corrected chi connectivity index (χ1v) is 5.59. The average Bonchev–Trinajstić information content (AvgIpc) is 1.98. The molecule has 4 saturated carbocycles. The number of hydrogen-bond acceptors (Lipinski definition) is 0. The van der Waals surface area contributed by atoms with E-state index in [4.69, 9.17) is 0 Å². The van der Waals surface area contributed by atoms with E-state index in [-0.39, 0.29) is 0 Å². The quantitative estimate of drug-likeness (QED) is 0.516. The van der Waals surface area contributed by atoms with Crippen LogP contribution in [0.15, 0.2) is 0 Å². The minimum atomic E-state index is 0.836. The average molecular weight is 191 g/mol. The van der Waals surface area contributed by atoms with Crippen LogP contribution in [0.3, 0.4) is 0 Å². The van der Waals surface area contributed by atoms with E-state index in [1.807, 2.05) is 0 Å². The Morgan fingerprint density at radius 3 is 1.64 bits per heavy atom. The third-order valence-electron chi connectivity index (χ3n) is 4.09. The second-order valence-electron chi connectivity index (χ2n) is 4.86. The van der Waals surface area contributed by atoms with E-state index in [9.17, 15) is 0 Å². The molecule has 0 saturated heterocycles. The van der Waals surface area contributed by atoms with Gasteiger partial charge in [-0.2, -0.15) is 0 Å². The first-order valence-electron chi connectivity index (χ1n) is 4.95. The van der Waals surface area contributed by atoms with Crippen molar-refractivity contribution in [2.24, 2.45) is 23.7 Å². The van der Waals surface area contributed by atoms with Crippen LogP contribution in [0.2, 0.25) is 4.82 Å². The van der Waals surface area contributed by atoms with Crippen LogP contribution < -0.4 is 0 Å². The zero-order valence-corrected chi connectivity index (χ0v) is 7.88. The van der Waals surface area contributed by atoms with Crippen molar-refractivity contribution in [3.8, 4) is 0 Å². The molecule has 0 spiro atoms. The Kier molecular flexibility index (Phi) is 1.44. The molecule has 0 radical (unpaired) electrons. The molecule has 0 heterocycles. The fourth-order valence-electron chi connectivity index (χ4n) is 3.85. The van der Waals surface area contributed by atoms with Crippen molar-refractivity contribution in [1.29, 1.82) is 0 Å². The summed E-state index contributed by atoms with van der Waals surface area (Å²) >= 11 is 4.34. The Morgan fingerprint density at radius 2 is 1.18 bits per heavy atom. The molecule has 0 aromatic carbocycles. The molecule has 0 aliphatic heterocycles. The zero-order valence-electron chi connectivity index (χ0n) is 6.78. The fourth-order valence-corrected chi connectivity index (χ4v) is 4.45. The summed E-state index contributed by atoms with van der Waals surface area (Å²) in [5, 5.41) is 0. The number of hydrogen-bond donors (Lipinski definition) is 0. The van der Waals surface area contributed by atoms with Gasteiger partial charge in [0, 0.05) is 0 Å². The molecule has 0 N–H and O–H groups in total. The van der Waals surface area contributed by atoms with Gasteiger partial charge in [0.1, 0.15) is 0 Å². The summed E-state index contributed by atoms with van der Waals surface area (Å²) < 4.78 is 0. The third kappa shape index (κ3) is 0.939. The van der Waals surface area contributed by atoms with Gasteiger partial charge in [0.15, 0.2) is 0 Å². The van der Waals surface area contributed by atoms with Crippen molar-refractivity contribution in [3.05, 3.63) is 0 Å². The van der Waals surface area contributed by atoms with E-state index in [0.29, 0.717) is 0 Å². The van der Waals surface area contributed by atoms with E-state index < -0.39 is 0 Å². The third-order valence-corrected chi connectivity index (χ3v) is 5.13. The van der Waals surface area contributed by atoms with Gasteiger partial charge in [0.05, 0.1) is 0 Å². The van der Waals surface area contributed by atoms with Crippen molar-refractivity contribution < 1.29 is 16.0 Å². The van der Waals surface area contributed by atoms with E-state index >= 15 is 0 Å². The van der Waals surface area contributed by atoms with Crippen LogP contribution in [0.5, 0.6) is 0 Å². The minimum absolute atomic E-state index is 0.836. The molecule has 0 nitrogen and oxygen atoms in total. The molecule has 4 aliphatic rings. The molecule has 63 valence electrons. The Bertz CT molecular complexity index is 148. The van der Waals surface area contributed by atoms with E-state index in [2.05, 4.69) is 16.0 Å². The van der Waals surface area contributed by atoms with Gasteiger partial charge >= 0.3 is 76.6 Å². The van der Waals surface area contributed by atoms with Crippen LogP contribution in [0.4, 0.5) is 0 Å². The van der Waals surface area contributed by atoms with E-state index in [1.54, 1.807) is 6.42 Å². The van der Waals surface area contributed by atoms with Crippen LogP contribution in [0.1, 0.15) is 32.1 Å². The van der Waals surface area contributed by atoms with Gasteiger partial charge in [0.25, 0.3) is 0 Å². The second-order valence-corrected chi connectivity index (χ2v) is 5.59. The van der Waals surface area contributed by atoms with Crippen LogP contribution in [0.25, 0.3) is 0 Å². The molecule has 0 aromatic rings. The predicted octanol–water partition coefficient (Wildman–Crippen LogP) is 2.78. The van der Waals surface area contributed by atoms with Crippen LogP contribution >= 0.6 is 0 Å². The zero-order chi connectivity index (χ0) is 7.42. The van der Waals surface area contributed by atoms with Gasteiger partial charge in [-0.05, 0) is 0 Å². The molecular weight excluding hydrogens is 176 g/mol. The maximum atomic E-state index is 4.34. The van der Waals surface area contributed by atoms with Crippen LogP contribution in [-0.2, 0) is 16.0 Å². The molecule has 0 aromatic heterocycles. The molecule has 1 heteroatoms. The number of rotatable bonds is 0. The molecule has 0 atom stereocenters. The summed E-state index contributed by atoms with van der Waals surface area (Å²) in [5.74, 6) is 4.31. The monoisotopic (exact) mass is 191 g/mol. The van der Waals surface area contributed by atoms with Gasteiger partial charge in [-0.3, -0.25) is 0 Å². The summed E-state index contributed by atoms with van der Waals surface area (Å²) in [5.41, 5.74) is 0. The first-order chi connectivity index (χ1) is 5.33. The van der Waals surface area contributed by atoms with Gasteiger partial charge < -0.3 is 0 Å². The Hall–Kier alpha value is 0.519. The van der Waals surface area contributed by atoms with Gasteiger partial charge in [0.2, 0.25) is 0 Å². The molecule has 4 fully saturated rings. The Morgan fingerprint density at radius 1 is 0.727 bits per heavy atom. The Balaban J connectivity index is 1.91. The summed E-state index contributed by atoms with van der Waals surface area (Å²) in [6, 6.07) is 0. The summed E-state index contributed by atoms with van der Waals surface area (Å²) in [6.45, 7) is 0. The topological polar surface area (TPSA) is 0 Å². The van der Waals surface area contributed by atoms with Crippen molar-refractivity contribution >= 4 is 0 Å². The molecule has 0 amide bonds. The van der Waals surface area contributed by atoms with E-state index in [0.717, 1.165) is 28.5 Å². The van der Waals surface area contributed by atoms with Gasteiger partial charge in [-0.15, -0.1) is 0 Å². The van der Waals surface area contributed by atoms with Crippen molar-refractivity contribution in [1.82, 2.24) is 0 Å². The molecular formula is C10H15Fe. The SMILES string of the molecule is [Fe][CH]1C2CC3CC(C2)CC1C3. The van der Waals surface area contributed by atoms with Crippen molar-refractivity contribution in [2.75, 3.05) is 0 Å². The molecule has 11 heavy (non-hydrogen) atoms. The standard InChI is InChI=1S/C10H15.Fe/c1-7-2-9-4-8(1)5-10(3-7)6-9;/h1,7-10H,2-6H2;. The van der Waals surface area contributed by atoms with Gasteiger partial charge in [-0.25, -0.2) is 0 Å². The summed E-state index contributed by atoms with van der Waals surface area (Å²) in [6.07, 6.45) is 7.68. The fraction of sp³-hybridized carbons (Fsp3) is 1.00. The second kappa shape index (κ2) is 2.26. The van der Waals surface area contributed by atoms with Crippen molar-refractivity contribution in [2.45, 2.75) is 36.9 Å². The van der Waals surface area contributed by atoms with Crippen LogP contribution in [-0.4, -0.2) is 0 Å². The summed E-state index contributed by atoms with van der Waals surface area (Å²) in [4.78, 5) is 0.836. The van der Waals surface area contributed by atoms with Crippen molar-refractivity contribution in [3.63, 3.8) is 0 Å². The Labute approximate surface area is 76.9 Å². The van der Waals surface area contributed by atoms with E-state index in [1.165, 1.54) is 25.7 Å². The predicted molar refractivity (Wildman–Crippen MR) is 40.8 cm³/mol.